The molecule has 1 saturated carbocycles. The predicted octanol–water partition coefficient (Wildman–Crippen LogP) is 3.57. The Balaban J connectivity index is 2.02. The third kappa shape index (κ3) is 4.18. The molecule has 110 valence electrons. The van der Waals surface area contributed by atoms with Crippen molar-refractivity contribution in [2.24, 2.45) is 5.73 Å². The number of nitrogens with two attached hydrogens (primary N) is 1. The molecule has 0 radical (unpaired) electrons. The molecule has 1 aromatic carbocycles. The maximum absolute atomic E-state index is 6.06. The van der Waals surface area contributed by atoms with E-state index >= 15 is 0 Å². The van der Waals surface area contributed by atoms with Crippen LogP contribution >= 0.6 is 12.2 Å². The first-order valence-electron chi connectivity index (χ1n) is 7.29. The molecule has 0 aliphatic heterocycles. The molecule has 20 heavy (non-hydrogen) atoms. The third-order valence-corrected chi connectivity index (χ3v) is 4.08. The molecule has 2 rings (SSSR count). The molecule has 2 N–H and O–H groups in total. The van der Waals surface area contributed by atoms with Crippen molar-refractivity contribution in [2.45, 2.75) is 51.2 Å². The van der Waals surface area contributed by atoms with Gasteiger partial charge in [0, 0.05) is 11.1 Å². The summed E-state index contributed by atoms with van der Waals surface area (Å²) in [6.07, 6.45) is 7.91. The number of thiocarbonyl (C=S) groups is 1. The van der Waals surface area contributed by atoms with Gasteiger partial charge in [-0.3, -0.25) is 0 Å². The van der Waals surface area contributed by atoms with E-state index < -0.39 is 0 Å². The lowest BCUT2D eigenvalue weighted by molar-refractivity contribution is 0.0300. The Kier molecular flexibility index (Phi) is 5.80. The summed E-state index contributed by atoms with van der Waals surface area (Å²) in [6, 6.07) is 5.76. The van der Waals surface area contributed by atoms with Crippen molar-refractivity contribution in [1.82, 2.24) is 0 Å². The van der Waals surface area contributed by atoms with Crippen molar-refractivity contribution in [3.05, 3.63) is 29.3 Å². The van der Waals surface area contributed by atoms with Crippen molar-refractivity contribution in [3.63, 3.8) is 0 Å². The maximum atomic E-state index is 6.06. The van der Waals surface area contributed by atoms with Crippen LogP contribution in [0.25, 0.3) is 0 Å². The Bertz CT molecular complexity index is 454. The van der Waals surface area contributed by atoms with Crippen molar-refractivity contribution in [3.8, 4) is 5.75 Å². The number of methoxy groups -OCH3 is 1. The van der Waals surface area contributed by atoms with E-state index in [9.17, 15) is 0 Å². The Labute approximate surface area is 126 Å². The third-order valence-electron chi connectivity index (χ3n) is 3.84. The fourth-order valence-electron chi connectivity index (χ4n) is 2.66. The minimum Gasteiger partial charge on any atom is -0.496 e. The summed E-state index contributed by atoms with van der Waals surface area (Å²) >= 11 is 5.02. The van der Waals surface area contributed by atoms with Gasteiger partial charge >= 0.3 is 0 Å². The van der Waals surface area contributed by atoms with E-state index in [4.69, 9.17) is 27.4 Å². The molecular weight excluding hydrogens is 270 g/mol. The smallest absolute Gasteiger partial charge is 0.124 e. The summed E-state index contributed by atoms with van der Waals surface area (Å²) in [5.74, 6) is 0.832. The lowest BCUT2D eigenvalue weighted by Gasteiger charge is -2.17. The second-order valence-corrected chi connectivity index (χ2v) is 5.76. The van der Waals surface area contributed by atoms with Crippen LogP contribution < -0.4 is 10.5 Å². The van der Waals surface area contributed by atoms with Gasteiger partial charge in [-0.1, -0.05) is 37.9 Å². The molecule has 0 heterocycles. The molecule has 1 aliphatic carbocycles. The molecule has 0 bridgehead atoms. The Morgan fingerprint density at radius 3 is 2.55 bits per heavy atom. The number of benzene rings is 1. The summed E-state index contributed by atoms with van der Waals surface area (Å²) in [5, 5.41) is 0. The van der Waals surface area contributed by atoms with Gasteiger partial charge in [0.1, 0.15) is 10.7 Å². The van der Waals surface area contributed by atoms with Crippen molar-refractivity contribution < 1.29 is 9.47 Å². The zero-order chi connectivity index (χ0) is 14.4. The highest BCUT2D eigenvalue weighted by atomic mass is 32.1. The molecule has 1 aliphatic rings. The summed E-state index contributed by atoms with van der Waals surface area (Å²) in [7, 11) is 1.67. The van der Waals surface area contributed by atoms with Crippen molar-refractivity contribution in [2.75, 3.05) is 7.11 Å². The van der Waals surface area contributed by atoms with E-state index in [2.05, 4.69) is 0 Å². The largest absolute Gasteiger partial charge is 0.496 e. The number of hydrogen-bond donors (Lipinski definition) is 1. The van der Waals surface area contributed by atoms with E-state index in [1.807, 2.05) is 18.2 Å². The predicted molar refractivity (Wildman–Crippen MR) is 85.2 cm³/mol. The number of rotatable bonds is 5. The van der Waals surface area contributed by atoms with Gasteiger partial charge in [-0.25, -0.2) is 0 Å². The van der Waals surface area contributed by atoms with E-state index in [1.54, 1.807) is 7.11 Å². The van der Waals surface area contributed by atoms with Gasteiger partial charge in [-0.05, 0) is 31.0 Å². The van der Waals surface area contributed by atoms with E-state index in [1.165, 1.54) is 25.7 Å². The van der Waals surface area contributed by atoms with Gasteiger partial charge in [0.2, 0.25) is 0 Å². The maximum Gasteiger partial charge on any atom is 0.124 e. The van der Waals surface area contributed by atoms with Gasteiger partial charge in [-0.2, -0.15) is 0 Å². The summed E-state index contributed by atoms with van der Waals surface area (Å²) in [6.45, 7) is 0.560. The zero-order valence-corrected chi connectivity index (χ0v) is 12.9. The molecule has 0 aromatic heterocycles. The second kappa shape index (κ2) is 7.60. The monoisotopic (exact) mass is 293 g/mol. The van der Waals surface area contributed by atoms with Crippen LogP contribution in [0.15, 0.2) is 18.2 Å². The first-order chi connectivity index (χ1) is 9.70. The van der Waals surface area contributed by atoms with Crippen LogP contribution in [0.4, 0.5) is 0 Å². The average molecular weight is 293 g/mol. The standard InChI is InChI=1S/C16H23NO2S/c1-18-15-9-8-12(16(17)20)10-13(15)11-19-14-6-4-2-3-5-7-14/h8-10,14H,2-7,11H2,1H3,(H2,17,20). The van der Waals surface area contributed by atoms with Crippen LogP contribution in [0.2, 0.25) is 0 Å². The van der Waals surface area contributed by atoms with E-state index in [0.717, 1.165) is 29.7 Å². The molecule has 1 fully saturated rings. The van der Waals surface area contributed by atoms with Crippen LogP contribution in [0.5, 0.6) is 5.75 Å². The minimum atomic E-state index is 0.371. The highest BCUT2D eigenvalue weighted by molar-refractivity contribution is 7.80. The fourth-order valence-corrected chi connectivity index (χ4v) is 2.79. The molecule has 0 atom stereocenters. The number of hydrogen-bond acceptors (Lipinski definition) is 3. The number of ether oxygens (including phenoxy) is 2. The minimum absolute atomic E-state index is 0.371. The molecule has 4 heteroatoms. The summed E-state index contributed by atoms with van der Waals surface area (Å²) in [4.78, 5) is 0.406. The van der Waals surface area contributed by atoms with E-state index in [0.29, 0.717) is 17.7 Å². The molecule has 0 unspecified atom stereocenters. The second-order valence-electron chi connectivity index (χ2n) is 5.32. The van der Waals surface area contributed by atoms with Crippen LogP contribution in [0.1, 0.15) is 49.7 Å². The molecular formula is C16H23NO2S. The topological polar surface area (TPSA) is 44.5 Å². The molecule has 3 nitrogen and oxygen atoms in total. The van der Waals surface area contributed by atoms with Gasteiger partial charge in [0.15, 0.2) is 0 Å². The average Bonchev–Trinajstić information content (AvgIpc) is 2.73. The summed E-state index contributed by atoms with van der Waals surface area (Å²) < 4.78 is 11.4. The fraction of sp³-hybridized carbons (Fsp3) is 0.562. The van der Waals surface area contributed by atoms with Crippen LogP contribution in [0.3, 0.4) is 0 Å². The van der Waals surface area contributed by atoms with Gasteiger partial charge in [0.25, 0.3) is 0 Å². The Morgan fingerprint density at radius 2 is 1.95 bits per heavy atom. The van der Waals surface area contributed by atoms with Crippen molar-refractivity contribution in [1.29, 1.82) is 0 Å². The normalized spacial score (nSPS) is 16.6. The molecule has 1 aromatic rings. The Morgan fingerprint density at radius 1 is 1.25 bits per heavy atom. The first-order valence-corrected chi connectivity index (χ1v) is 7.70. The van der Waals surface area contributed by atoms with Crippen LogP contribution in [0, 0.1) is 0 Å². The lowest BCUT2D eigenvalue weighted by atomic mass is 10.1. The zero-order valence-electron chi connectivity index (χ0n) is 12.1. The van der Waals surface area contributed by atoms with Gasteiger partial charge in [-0.15, -0.1) is 0 Å². The lowest BCUT2D eigenvalue weighted by Crippen LogP contribution is -2.13. The van der Waals surface area contributed by atoms with Gasteiger partial charge < -0.3 is 15.2 Å². The van der Waals surface area contributed by atoms with E-state index in [-0.39, 0.29) is 0 Å². The molecule has 0 amide bonds. The SMILES string of the molecule is COc1ccc(C(N)=S)cc1COC1CCCCCC1. The van der Waals surface area contributed by atoms with Crippen molar-refractivity contribution >= 4 is 17.2 Å². The van der Waals surface area contributed by atoms with Crippen LogP contribution in [-0.4, -0.2) is 18.2 Å². The van der Waals surface area contributed by atoms with Crippen LogP contribution in [-0.2, 0) is 11.3 Å². The highest BCUT2D eigenvalue weighted by Gasteiger charge is 2.14. The molecule has 0 spiro atoms. The highest BCUT2D eigenvalue weighted by Crippen LogP contribution is 2.25. The van der Waals surface area contributed by atoms with Gasteiger partial charge in [0.05, 0.1) is 19.8 Å². The quantitative estimate of drug-likeness (QED) is 0.666. The Hall–Kier alpha value is -1.13. The molecule has 0 saturated heterocycles. The summed E-state index contributed by atoms with van der Waals surface area (Å²) in [5.41, 5.74) is 7.56. The first kappa shape index (κ1) is 15.3.